The van der Waals surface area contributed by atoms with Crippen molar-refractivity contribution in [2.24, 2.45) is 10.8 Å². The van der Waals surface area contributed by atoms with Crippen LogP contribution in [0, 0.1) is 0 Å². The Morgan fingerprint density at radius 3 is 2.33 bits per heavy atom. The zero-order chi connectivity index (χ0) is 23.5. The van der Waals surface area contributed by atoms with Crippen LogP contribution in [-0.4, -0.2) is 43.3 Å². The number of rotatable bonds is 6. The minimum absolute atomic E-state index is 0.153. The van der Waals surface area contributed by atoms with Crippen molar-refractivity contribution in [1.82, 2.24) is 5.01 Å². The second-order valence-electron chi connectivity index (χ2n) is 7.49. The normalized spacial score (nSPS) is 15.2. The minimum atomic E-state index is -0.590. The zero-order valence-electron chi connectivity index (χ0n) is 18.1. The van der Waals surface area contributed by atoms with Gasteiger partial charge in [0, 0.05) is 27.1 Å². The summed E-state index contributed by atoms with van der Waals surface area (Å²) < 4.78 is 11.8. The Morgan fingerprint density at radius 1 is 0.970 bits per heavy atom. The van der Waals surface area contributed by atoms with Crippen molar-refractivity contribution in [2.45, 2.75) is 5.92 Å². The first kappa shape index (κ1) is 22.5. The number of halogens is 1. The first-order valence-electron chi connectivity index (χ1n) is 10.2. The molecule has 33 heavy (non-hydrogen) atoms. The molecule has 1 aliphatic heterocycles. The number of amides is 2. The van der Waals surface area contributed by atoms with E-state index in [4.69, 9.17) is 20.3 Å². The second kappa shape index (κ2) is 9.46. The third kappa shape index (κ3) is 4.61. The molecule has 8 heteroatoms. The molecule has 3 aromatic carbocycles. The molecule has 0 aromatic heterocycles. The molecule has 3 aromatic rings. The van der Waals surface area contributed by atoms with Gasteiger partial charge < -0.3 is 15.2 Å². The fourth-order valence-electron chi connectivity index (χ4n) is 3.80. The van der Waals surface area contributed by atoms with E-state index in [1.807, 2.05) is 42.5 Å². The summed E-state index contributed by atoms with van der Waals surface area (Å²) in [5.74, 6) is 0.130. The summed E-state index contributed by atoms with van der Waals surface area (Å²) in [6.45, 7) is 0.352. The molecule has 1 unspecified atom stereocenters. The lowest BCUT2D eigenvalue weighted by molar-refractivity contribution is 0.0774. The smallest absolute Gasteiger partial charge is 0.274 e. The molecular weight excluding hydrogens is 486 g/mol. The highest BCUT2D eigenvalue weighted by atomic mass is 79.9. The summed E-state index contributed by atoms with van der Waals surface area (Å²) in [6.07, 6.45) is 0. The van der Waals surface area contributed by atoms with E-state index in [1.54, 1.807) is 32.4 Å². The van der Waals surface area contributed by atoms with Crippen LogP contribution in [0.1, 0.15) is 37.8 Å². The Hall–Kier alpha value is -3.65. The third-order valence-electron chi connectivity index (χ3n) is 5.49. The highest BCUT2D eigenvalue weighted by Gasteiger charge is 2.33. The van der Waals surface area contributed by atoms with Gasteiger partial charge in [0.05, 0.1) is 26.5 Å². The van der Waals surface area contributed by atoms with Gasteiger partial charge >= 0.3 is 0 Å². The molecular formula is C25H22BrN3O4. The van der Waals surface area contributed by atoms with Gasteiger partial charge in [-0.25, -0.2) is 5.01 Å². The number of nitrogens with two attached hydrogens (primary N) is 1. The summed E-state index contributed by atoms with van der Waals surface area (Å²) in [5, 5.41) is 6.13. The topological polar surface area (TPSA) is 94.2 Å². The summed E-state index contributed by atoms with van der Waals surface area (Å²) in [7, 11) is 3.15. The molecule has 0 spiro atoms. The van der Waals surface area contributed by atoms with E-state index in [1.165, 1.54) is 11.1 Å². The van der Waals surface area contributed by atoms with Crippen molar-refractivity contribution in [1.29, 1.82) is 0 Å². The summed E-state index contributed by atoms with van der Waals surface area (Å²) >= 11 is 3.47. The lowest BCUT2D eigenvalue weighted by Gasteiger charge is -2.16. The van der Waals surface area contributed by atoms with E-state index in [-0.39, 0.29) is 17.4 Å². The number of primary amides is 1. The SMILES string of the molecule is COc1ccc(C2=NN(C(=O)c3cccc(C(N)=O)c3)CC2c2ccc(Br)cc2)cc1OC. The molecule has 1 aliphatic rings. The van der Waals surface area contributed by atoms with Crippen LogP contribution in [0.15, 0.2) is 76.3 Å². The number of nitrogens with zero attached hydrogens (tertiary/aromatic N) is 2. The average molecular weight is 508 g/mol. The first-order valence-corrected chi connectivity index (χ1v) is 11.0. The number of carbonyl (C=O) groups is 2. The van der Waals surface area contributed by atoms with Crippen molar-refractivity contribution >= 4 is 33.5 Å². The lowest BCUT2D eigenvalue weighted by atomic mass is 9.90. The van der Waals surface area contributed by atoms with Crippen LogP contribution < -0.4 is 15.2 Å². The predicted octanol–water partition coefficient (Wildman–Crippen LogP) is 4.21. The number of benzene rings is 3. The van der Waals surface area contributed by atoms with Gasteiger partial charge in [-0.2, -0.15) is 5.10 Å². The van der Waals surface area contributed by atoms with E-state index in [0.29, 0.717) is 23.6 Å². The molecule has 0 bridgehead atoms. The standard InChI is InChI=1S/C25H22BrN3O4/c1-32-21-11-8-16(13-22(21)33-2)23-20(15-6-9-19(26)10-7-15)14-29(28-23)25(31)18-5-3-4-17(12-18)24(27)30/h3-13,20H,14H2,1-2H3,(H2,27,30). The van der Waals surface area contributed by atoms with Crippen molar-refractivity contribution in [3.63, 3.8) is 0 Å². The number of carbonyl (C=O) groups excluding carboxylic acids is 2. The number of hydrogen-bond acceptors (Lipinski definition) is 5. The van der Waals surface area contributed by atoms with E-state index >= 15 is 0 Å². The van der Waals surface area contributed by atoms with Crippen LogP contribution in [0.5, 0.6) is 11.5 Å². The van der Waals surface area contributed by atoms with Gasteiger partial charge in [0.25, 0.3) is 5.91 Å². The molecule has 2 amide bonds. The maximum absolute atomic E-state index is 13.3. The molecule has 0 aliphatic carbocycles. The van der Waals surface area contributed by atoms with Crippen LogP contribution in [0.4, 0.5) is 0 Å². The maximum atomic E-state index is 13.3. The minimum Gasteiger partial charge on any atom is -0.493 e. The fraction of sp³-hybridized carbons (Fsp3) is 0.160. The molecule has 1 heterocycles. The van der Waals surface area contributed by atoms with Gasteiger partial charge in [0.15, 0.2) is 11.5 Å². The summed E-state index contributed by atoms with van der Waals surface area (Å²) in [4.78, 5) is 24.8. The highest BCUT2D eigenvalue weighted by Crippen LogP contribution is 2.34. The average Bonchev–Trinajstić information content (AvgIpc) is 3.29. The summed E-state index contributed by atoms with van der Waals surface area (Å²) in [5.41, 5.74) is 8.57. The fourth-order valence-corrected chi connectivity index (χ4v) is 4.06. The first-order chi connectivity index (χ1) is 15.9. The largest absolute Gasteiger partial charge is 0.493 e. The molecule has 2 N–H and O–H groups in total. The predicted molar refractivity (Wildman–Crippen MR) is 129 cm³/mol. The molecule has 0 radical (unpaired) electrons. The zero-order valence-corrected chi connectivity index (χ0v) is 19.7. The van der Waals surface area contributed by atoms with Crippen LogP contribution in [0.2, 0.25) is 0 Å². The molecule has 0 saturated heterocycles. The second-order valence-corrected chi connectivity index (χ2v) is 8.41. The Bertz CT molecular complexity index is 1240. The van der Waals surface area contributed by atoms with Crippen LogP contribution in [-0.2, 0) is 0 Å². The van der Waals surface area contributed by atoms with Gasteiger partial charge in [0.1, 0.15) is 0 Å². The van der Waals surface area contributed by atoms with E-state index in [0.717, 1.165) is 21.3 Å². The van der Waals surface area contributed by atoms with Gasteiger partial charge in [-0.1, -0.05) is 34.1 Å². The van der Waals surface area contributed by atoms with Gasteiger partial charge in [-0.3, -0.25) is 9.59 Å². The Kier molecular flexibility index (Phi) is 6.46. The molecule has 4 rings (SSSR count). The quantitative estimate of drug-likeness (QED) is 0.540. The Morgan fingerprint density at radius 2 is 1.67 bits per heavy atom. The Labute approximate surface area is 199 Å². The Balaban J connectivity index is 1.75. The molecule has 1 atom stereocenters. The van der Waals surface area contributed by atoms with Crippen LogP contribution >= 0.6 is 15.9 Å². The van der Waals surface area contributed by atoms with E-state index < -0.39 is 5.91 Å². The highest BCUT2D eigenvalue weighted by molar-refractivity contribution is 9.10. The van der Waals surface area contributed by atoms with E-state index in [2.05, 4.69) is 15.9 Å². The van der Waals surface area contributed by atoms with Crippen molar-refractivity contribution in [2.75, 3.05) is 20.8 Å². The lowest BCUT2D eigenvalue weighted by Crippen LogP contribution is -2.26. The third-order valence-corrected chi connectivity index (χ3v) is 6.02. The number of ether oxygens (including phenoxy) is 2. The summed E-state index contributed by atoms with van der Waals surface area (Å²) in [6, 6.07) is 19.8. The molecule has 168 valence electrons. The van der Waals surface area contributed by atoms with Crippen molar-refractivity contribution in [3.05, 3.63) is 93.5 Å². The molecule has 0 saturated carbocycles. The monoisotopic (exact) mass is 507 g/mol. The molecule has 7 nitrogen and oxygen atoms in total. The van der Waals surface area contributed by atoms with Crippen LogP contribution in [0.25, 0.3) is 0 Å². The van der Waals surface area contributed by atoms with Crippen molar-refractivity contribution < 1.29 is 19.1 Å². The number of hydrazone groups is 1. The maximum Gasteiger partial charge on any atom is 0.274 e. The van der Waals surface area contributed by atoms with Gasteiger partial charge in [-0.05, 0) is 54.1 Å². The number of methoxy groups -OCH3 is 2. The number of hydrogen-bond donors (Lipinski definition) is 1. The van der Waals surface area contributed by atoms with Crippen LogP contribution in [0.3, 0.4) is 0 Å². The van der Waals surface area contributed by atoms with E-state index in [9.17, 15) is 9.59 Å². The van der Waals surface area contributed by atoms with Crippen molar-refractivity contribution in [3.8, 4) is 11.5 Å². The van der Waals surface area contributed by atoms with Gasteiger partial charge in [0.2, 0.25) is 5.91 Å². The molecule has 0 fully saturated rings. The van der Waals surface area contributed by atoms with Gasteiger partial charge in [-0.15, -0.1) is 0 Å².